The van der Waals surface area contributed by atoms with Gasteiger partial charge >= 0.3 is 0 Å². The monoisotopic (exact) mass is 268 g/mol. The van der Waals surface area contributed by atoms with Gasteiger partial charge in [-0.25, -0.2) is 0 Å². The second-order valence-corrected chi connectivity index (χ2v) is 6.40. The van der Waals surface area contributed by atoms with Crippen molar-refractivity contribution in [1.82, 2.24) is 10.2 Å². The smallest absolute Gasteiger partial charge is 0.170 e. The van der Waals surface area contributed by atoms with Crippen molar-refractivity contribution in [1.29, 1.82) is 0 Å². The van der Waals surface area contributed by atoms with E-state index in [0.717, 1.165) is 32.5 Å². The van der Waals surface area contributed by atoms with E-state index in [4.69, 9.17) is 9.47 Å². The van der Waals surface area contributed by atoms with Crippen LogP contribution in [0.1, 0.15) is 45.4 Å². The number of nitrogens with zero attached hydrogens (tertiary/aromatic N) is 1. The summed E-state index contributed by atoms with van der Waals surface area (Å²) in [7, 11) is 2.10. The highest BCUT2D eigenvalue weighted by molar-refractivity contribution is 4.97. The summed E-state index contributed by atoms with van der Waals surface area (Å²) in [6.07, 6.45) is 7.28. The first-order valence-electron chi connectivity index (χ1n) is 7.95. The van der Waals surface area contributed by atoms with E-state index < -0.39 is 0 Å². The quantitative estimate of drug-likeness (QED) is 0.827. The molecule has 2 aliphatic heterocycles. The molecule has 3 aliphatic rings. The third kappa shape index (κ3) is 2.68. The fourth-order valence-electron chi connectivity index (χ4n) is 4.19. The molecule has 0 amide bonds. The van der Waals surface area contributed by atoms with Crippen LogP contribution in [0, 0.1) is 0 Å². The van der Waals surface area contributed by atoms with Crippen LogP contribution in [0.2, 0.25) is 0 Å². The number of hydrogen-bond acceptors (Lipinski definition) is 4. The Labute approximate surface area is 116 Å². The van der Waals surface area contributed by atoms with Crippen molar-refractivity contribution in [2.75, 3.05) is 26.8 Å². The average molecular weight is 268 g/mol. The number of likely N-dealkylation sites (N-methyl/N-ethyl adjacent to an activating group) is 1. The topological polar surface area (TPSA) is 33.7 Å². The standard InChI is InChI=1S/C15H28N2O2/c1-12-5-3-4-8-17(12)14-11-15(18-9-10-19-15)7-6-13(14)16-2/h12-14,16H,3-11H2,1-2H3. The molecule has 1 saturated carbocycles. The van der Waals surface area contributed by atoms with Crippen molar-refractivity contribution in [2.24, 2.45) is 0 Å². The molecule has 0 aromatic heterocycles. The van der Waals surface area contributed by atoms with Gasteiger partial charge < -0.3 is 14.8 Å². The highest BCUT2D eigenvalue weighted by atomic mass is 16.7. The summed E-state index contributed by atoms with van der Waals surface area (Å²) in [5.41, 5.74) is 0. The van der Waals surface area contributed by atoms with Crippen molar-refractivity contribution in [3.05, 3.63) is 0 Å². The summed E-state index contributed by atoms with van der Waals surface area (Å²) in [5.74, 6) is -0.269. The average Bonchev–Trinajstić information content (AvgIpc) is 2.88. The Kier molecular flexibility index (Phi) is 4.13. The maximum absolute atomic E-state index is 5.95. The summed E-state index contributed by atoms with van der Waals surface area (Å²) in [6, 6.07) is 1.84. The van der Waals surface area contributed by atoms with Gasteiger partial charge in [-0.2, -0.15) is 0 Å². The van der Waals surface area contributed by atoms with E-state index in [-0.39, 0.29) is 5.79 Å². The van der Waals surface area contributed by atoms with Crippen molar-refractivity contribution in [2.45, 2.75) is 69.4 Å². The van der Waals surface area contributed by atoms with Gasteiger partial charge in [0, 0.05) is 31.0 Å². The highest BCUT2D eigenvalue weighted by Crippen LogP contribution is 2.39. The molecular formula is C15H28N2O2. The minimum absolute atomic E-state index is 0.269. The van der Waals surface area contributed by atoms with Gasteiger partial charge in [-0.3, -0.25) is 4.90 Å². The summed E-state index contributed by atoms with van der Waals surface area (Å²) in [6.45, 7) is 5.16. The molecule has 0 aromatic rings. The number of likely N-dealkylation sites (tertiary alicyclic amines) is 1. The van der Waals surface area contributed by atoms with E-state index in [2.05, 4.69) is 24.2 Å². The third-order valence-corrected chi connectivity index (χ3v) is 5.29. The summed E-state index contributed by atoms with van der Waals surface area (Å²) in [4.78, 5) is 2.70. The predicted octanol–water partition coefficient (Wildman–Crippen LogP) is 1.74. The molecule has 2 saturated heterocycles. The lowest BCUT2D eigenvalue weighted by Gasteiger charge is -2.49. The lowest BCUT2D eigenvalue weighted by Crippen LogP contribution is -2.59. The summed E-state index contributed by atoms with van der Waals surface area (Å²) >= 11 is 0. The fourth-order valence-corrected chi connectivity index (χ4v) is 4.19. The molecule has 2 heterocycles. The number of hydrogen-bond donors (Lipinski definition) is 1. The lowest BCUT2D eigenvalue weighted by atomic mass is 9.83. The van der Waals surface area contributed by atoms with E-state index >= 15 is 0 Å². The van der Waals surface area contributed by atoms with Gasteiger partial charge in [-0.15, -0.1) is 0 Å². The van der Waals surface area contributed by atoms with Gasteiger partial charge in [0.25, 0.3) is 0 Å². The summed E-state index contributed by atoms with van der Waals surface area (Å²) < 4.78 is 11.9. The zero-order chi connectivity index (χ0) is 13.3. The van der Waals surface area contributed by atoms with Crippen LogP contribution in [-0.4, -0.2) is 55.6 Å². The molecule has 3 rings (SSSR count). The van der Waals surface area contributed by atoms with Gasteiger partial charge in [0.05, 0.1) is 13.2 Å². The SMILES string of the molecule is CNC1CCC2(CC1N1CCCCC1C)OCCO2. The van der Waals surface area contributed by atoms with E-state index in [9.17, 15) is 0 Å². The second kappa shape index (κ2) is 5.68. The first kappa shape index (κ1) is 13.8. The Morgan fingerprint density at radius 3 is 2.63 bits per heavy atom. The van der Waals surface area contributed by atoms with Crippen LogP contribution in [0.25, 0.3) is 0 Å². The van der Waals surface area contributed by atoms with Crippen molar-refractivity contribution < 1.29 is 9.47 Å². The highest BCUT2D eigenvalue weighted by Gasteiger charge is 2.47. The Morgan fingerprint density at radius 1 is 1.16 bits per heavy atom. The van der Waals surface area contributed by atoms with Crippen molar-refractivity contribution >= 4 is 0 Å². The van der Waals surface area contributed by atoms with Gasteiger partial charge in [0.2, 0.25) is 0 Å². The van der Waals surface area contributed by atoms with Crippen LogP contribution in [0.4, 0.5) is 0 Å². The number of ether oxygens (including phenoxy) is 2. The van der Waals surface area contributed by atoms with Crippen LogP contribution in [0.3, 0.4) is 0 Å². The Morgan fingerprint density at radius 2 is 1.95 bits per heavy atom. The Bertz CT molecular complexity index is 305. The molecule has 3 unspecified atom stereocenters. The van der Waals surface area contributed by atoms with E-state index in [1.807, 2.05) is 0 Å². The van der Waals surface area contributed by atoms with Gasteiger partial charge in [-0.05, 0) is 39.8 Å². The van der Waals surface area contributed by atoms with Crippen LogP contribution < -0.4 is 5.32 Å². The first-order valence-corrected chi connectivity index (χ1v) is 7.95. The number of nitrogens with one attached hydrogen (secondary N) is 1. The zero-order valence-corrected chi connectivity index (χ0v) is 12.4. The number of piperidine rings is 1. The normalized spacial score (nSPS) is 39.8. The minimum Gasteiger partial charge on any atom is -0.347 e. The first-order chi connectivity index (χ1) is 9.24. The number of rotatable bonds is 2. The Balaban J connectivity index is 1.74. The molecule has 1 aliphatic carbocycles. The molecule has 3 fully saturated rings. The maximum atomic E-state index is 5.95. The van der Waals surface area contributed by atoms with Crippen molar-refractivity contribution in [3.8, 4) is 0 Å². The van der Waals surface area contributed by atoms with Crippen LogP contribution >= 0.6 is 0 Å². The molecule has 3 atom stereocenters. The van der Waals surface area contributed by atoms with Crippen molar-refractivity contribution in [3.63, 3.8) is 0 Å². The molecule has 4 nitrogen and oxygen atoms in total. The molecule has 19 heavy (non-hydrogen) atoms. The molecule has 110 valence electrons. The fraction of sp³-hybridized carbons (Fsp3) is 1.00. The van der Waals surface area contributed by atoms with E-state index in [1.165, 1.54) is 25.8 Å². The summed E-state index contributed by atoms with van der Waals surface area (Å²) in [5, 5.41) is 3.53. The van der Waals surface area contributed by atoms with E-state index in [0.29, 0.717) is 18.1 Å². The van der Waals surface area contributed by atoms with Crippen LogP contribution in [-0.2, 0) is 9.47 Å². The zero-order valence-electron chi connectivity index (χ0n) is 12.4. The van der Waals surface area contributed by atoms with Gasteiger partial charge in [0.15, 0.2) is 5.79 Å². The lowest BCUT2D eigenvalue weighted by molar-refractivity contribution is -0.195. The Hall–Kier alpha value is -0.160. The molecule has 0 bridgehead atoms. The molecule has 4 heteroatoms. The molecule has 1 spiro atoms. The van der Waals surface area contributed by atoms with Gasteiger partial charge in [0.1, 0.15) is 0 Å². The largest absolute Gasteiger partial charge is 0.347 e. The molecule has 0 radical (unpaired) electrons. The van der Waals surface area contributed by atoms with Crippen LogP contribution in [0.15, 0.2) is 0 Å². The second-order valence-electron chi connectivity index (χ2n) is 6.40. The molecule has 0 aromatic carbocycles. The van der Waals surface area contributed by atoms with Crippen LogP contribution in [0.5, 0.6) is 0 Å². The third-order valence-electron chi connectivity index (χ3n) is 5.29. The molecule has 1 N–H and O–H groups in total. The van der Waals surface area contributed by atoms with Gasteiger partial charge in [-0.1, -0.05) is 6.42 Å². The minimum atomic E-state index is -0.269. The maximum Gasteiger partial charge on any atom is 0.170 e. The predicted molar refractivity (Wildman–Crippen MR) is 75.1 cm³/mol. The molecular weight excluding hydrogens is 240 g/mol. The van der Waals surface area contributed by atoms with E-state index in [1.54, 1.807) is 0 Å².